The Hall–Kier alpha value is -1.06. The van der Waals surface area contributed by atoms with Gasteiger partial charge < -0.3 is 14.6 Å². The van der Waals surface area contributed by atoms with Crippen LogP contribution >= 0.6 is 0 Å². The molecule has 3 heteroatoms. The lowest BCUT2D eigenvalue weighted by molar-refractivity contribution is -0.183. The number of benzene rings is 1. The van der Waals surface area contributed by atoms with Gasteiger partial charge in [0.2, 0.25) is 5.79 Å². The molecule has 18 heavy (non-hydrogen) atoms. The van der Waals surface area contributed by atoms with Crippen molar-refractivity contribution < 1.29 is 14.6 Å². The van der Waals surface area contributed by atoms with Gasteiger partial charge in [0.25, 0.3) is 0 Å². The molecule has 0 radical (unpaired) electrons. The van der Waals surface area contributed by atoms with Gasteiger partial charge in [-0.05, 0) is 30.9 Å². The molecule has 0 aliphatic heterocycles. The van der Waals surface area contributed by atoms with Gasteiger partial charge in [-0.25, -0.2) is 0 Å². The van der Waals surface area contributed by atoms with Crippen molar-refractivity contribution in [2.75, 3.05) is 13.7 Å². The van der Waals surface area contributed by atoms with Gasteiger partial charge in [0.15, 0.2) is 0 Å². The standard InChI is InChI=1S/C15H22O3/c1-17-15(10-5-2-6-11-15)18-14-8-4-3-7-13(14)9-12-16/h3-4,7-8,16H,2,5-6,9-12H2,1H3. The zero-order valence-electron chi connectivity index (χ0n) is 11.0. The first kappa shape index (κ1) is 13.4. The highest BCUT2D eigenvalue weighted by molar-refractivity contribution is 5.33. The maximum atomic E-state index is 9.08. The summed E-state index contributed by atoms with van der Waals surface area (Å²) in [4.78, 5) is 0. The van der Waals surface area contributed by atoms with E-state index in [1.165, 1.54) is 6.42 Å². The van der Waals surface area contributed by atoms with Crippen LogP contribution in [0.4, 0.5) is 0 Å². The molecule has 1 aliphatic rings. The summed E-state index contributed by atoms with van der Waals surface area (Å²) in [6, 6.07) is 7.89. The summed E-state index contributed by atoms with van der Waals surface area (Å²) in [5.41, 5.74) is 1.04. The van der Waals surface area contributed by atoms with Crippen molar-refractivity contribution in [1.82, 2.24) is 0 Å². The number of aliphatic hydroxyl groups excluding tert-OH is 1. The van der Waals surface area contributed by atoms with E-state index in [4.69, 9.17) is 14.6 Å². The van der Waals surface area contributed by atoms with Crippen LogP contribution in [0, 0.1) is 0 Å². The zero-order valence-corrected chi connectivity index (χ0v) is 11.0. The molecule has 100 valence electrons. The second-order valence-corrected chi connectivity index (χ2v) is 4.86. The van der Waals surface area contributed by atoms with Crippen molar-refractivity contribution in [2.45, 2.75) is 44.3 Å². The van der Waals surface area contributed by atoms with Gasteiger partial charge in [0.05, 0.1) is 0 Å². The number of methoxy groups -OCH3 is 1. The second-order valence-electron chi connectivity index (χ2n) is 4.86. The first-order valence-electron chi connectivity index (χ1n) is 6.72. The molecule has 3 nitrogen and oxygen atoms in total. The Morgan fingerprint density at radius 1 is 1.17 bits per heavy atom. The molecule has 1 N–H and O–H groups in total. The van der Waals surface area contributed by atoms with Crippen LogP contribution in [-0.2, 0) is 11.2 Å². The minimum absolute atomic E-state index is 0.139. The third kappa shape index (κ3) is 3.03. The molecule has 2 rings (SSSR count). The monoisotopic (exact) mass is 250 g/mol. The number of aliphatic hydroxyl groups is 1. The average Bonchev–Trinajstić information content (AvgIpc) is 2.42. The maximum Gasteiger partial charge on any atom is 0.210 e. The average molecular weight is 250 g/mol. The lowest BCUT2D eigenvalue weighted by Gasteiger charge is -2.36. The van der Waals surface area contributed by atoms with Gasteiger partial charge in [-0.3, -0.25) is 0 Å². The summed E-state index contributed by atoms with van der Waals surface area (Å²) >= 11 is 0. The minimum Gasteiger partial charge on any atom is -0.462 e. The van der Waals surface area contributed by atoms with Crippen LogP contribution in [0.15, 0.2) is 24.3 Å². The third-order valence-electron chi connectivity index (χ3n) is 3.64. The van der Waals surface area contributed by atoms with E-state index in [2.05, 4.69) is 0 Å². The molecule has 1 aromatic rings. The first-order chi connectivity index (χ1) is 8.79. The van der Waals surface area contributed by atoms with E-state index in [-0.39, 0.29) is 6.61 Å². The van der Waals surface area contributed by atoms with Crippen LogP contribution in [0.25, 0.3) is 0 Å². The molecular formula is C15H22O3. The minimum atomic E-state index is -0.468. The molecule has 0 unspecified atom stereocenters. The van der Waals surface area contributed by atoms with Crippen LogP contribution in [-0.4, -0.2) is 24.6 Å². The predicted molar refractivity (Wildman–Crippen MR) is 70.7 cm³/mol. The van der Waals surface area contributed by atoms with Gasteiger partial charge in [-0.1, -0.05) is 24.6 Å². The van der Waals surface area contributed by atoms with Gasteiger partial charge in [0.1, 0.15) is 5.75 Å². The topological polar surface area (TPSA) is 38.7 Å². The summed E-state index contributed by atoms with van der Waals surface area (Å²) in [5.74, 6) is 0.374. The maximum absolute atomic E-state index is 9.08. The molecule has 0 atom stereocenters. The SMILES string of the molecule is COC1(Oc2ccccc2CCO)CCCCC1. The normalized spacial score (nSPS) is 18.6. The van der Waals surface area contributed by atoms with Gasteiger partial charge >= 0.3 is 0 Å². The summed E-state index contributed by atoms with van der Waals surface area (Å²) < 4.78 is 11.8. The Labute approximate surface area is 109 Å². The van der Waals surface area contributed by atoms with Crippen molar-refractivity contribution in [3.63, 3.8) is 0 Å². The Kier molecular flexibility index (Phi) is 4.61. The van der Waals surface area contributed by atoms with Crippen LogP contribution < -0.4 is 4.74 Å². The van der Waals surface area contributed by atoms with Gasteiger partial charge in [-0.15, -0.1) is 0 Å². The first-order valence-corrected chi connectivity index (χ1v) is 6.72. The van der Waals surface area contributed by atoms with E-state index in [0.29, 0.717) is 6.42 Å². The quantitative estimate of drug-likeness (QED) is 0.817. The molecule has 0 saturated heterocycles. The second kappa shape index (κ2) is 6.21. The Morgan fingerprint density at radius 3 is 2.56 bits per heavy atom. The van der Waals surface area contributed by atoms with Crippen molar-refractivity contribution in [2.24, 2.45) is 0 Å². The molecule has 0 amide bonds. The van der Waals surface area contributed by atoms with E-state index in [9.17, 15) is 0 Å². The van der Waals surface area contributed by atoms with Crippen molar-refractivity contribution in [3.05, 3.63) is 29.8 Å². The predicted octanol–water partition coefficient (Wildman–Crippen LogP) is 2.91. The lowest BCUT2D eigenvalue weighted by atomic mass is 9.94. The van der Waals surface area contributed by atoms with E-state index in [0.717, 1.165) is 37.0 Å². The molecule has 1 aliphatic carbocycles. The molecule has 1 saturated carbocycles. The highest BCUT2D eigenvalue weighted by atomic mass is 16.7. The largest absolute Gasteiger partial charge is 0.462 e. The van der Waals surface area contributed by atoms with E-state index < -0.39 is 5.79 Å². The summed E-state index contributed by atoms with van der Waals surface area (Å²) in [6.45, 7) is 0.139. The molecule has 0 aromatic heterocycles. The van der Waals surface area contributed by atoms with Crippen LogP contribution in [0.3, 0.4) is 0 Å². The fourth-order valence-corrected chi connectivity index (χ4v) is 2.57. The van der Waals surface area contributed by atoms with E-state index >= 15 is 0 Å². The Balaban J connectivity index is 2.15. The summed E-state index contributed by atoms with van der Waals surface area (Å²) in [6.07, 6.45) is 6.06. The Morgan fingerprint density at radius 2 is 1.89 bits per heavy atom. The van der Waals surface area contributed by atoms with Crippen molar-refractivity contribution in [3.8, 4) is 5.75 Å². The van der Waals surface area contributed by atoms with Crippen LogP contribution in [0.5, 0.6) is 5.75 Å². The fraction of sp³-hybridized carbons (Fsp3) is 0.600. The van der Waals surface area contributed by atoms with E-state index in [1.807, 2.05) is 24.3 Å². The Bertz CT molecular complexity index is 370. The molecule has 0 bridgehead atoms. The number of rotatable bonds is 5. The smallest absolute Gasteiger partial charge is 0.210 e. The fourth-order valence-electron chi connectivity index (χ4n) is 2.57. The number of hydrogen-bond acceptors (Lipinski definition) is 3. The third-order valence-corrected chi connectivity index (χ3v) is 3.64. The number of ether oxygens (including phenoxy) is 2. The van der Waals surface area contributed by atoms with Crippen LogP contribution in [0.1, 0.15) is 37.7 Å². The lowest BCUT2D eigenvalue weighted by Crippen LogP contribution is -2.40. The summed E-state index contributed by atoms with van der Waals surface area (Å²) in [7, 11) is 1.72. The molecular weight excluding hydrogens is 228 g/mol. The van der Waals surface area contributed by atoms with Gasteiger partial charge in [0, 0.05) is 26.6 Å². The zero-order chi connectivity index (χ0) is 12.8. The molecule has 0 spiro atoms. The van der Waals surface area contributed by atoms with E-state index in [1.54, 1.807) is 7.11 Å². The highest BCUT2D eigenvalue weighted by Crippen LogP contribution is 2.34. The number of hydrogen-bond donors (Lipinski definition) is 1. The van der Waals surface area contributed by atoms with Crippen LogP contribution in [0.2, 0.25) is 0 Å². The summed E-state index contributed by atoms with van der Waals surface area (Å²) in [5, 5.41) is 9.08. The van der Waals surface area contributed by atoms with Crippen molar-refractivity contribution in [1.29, 1.82) is 0 Å². The highest BCUT2D eigenvalue weighted by Gasteiger charge is 2.34. The molecule has 0 heterocycles. The number of para-hydroxylation sites is 1. The molecule has 1 aromatic carbocycles. The molecule has 1 fully saturated rings. The van der Waals surface area contributed by atoms with Crippen molar-refractivity contribution >= 4 is 0 Å². The van der Waals surface area contributed by atoms with Gasteiger partial charge in [-0.2, -0.15) is 0 Å².